The molecule has 0 spiro atoms. The van der Waals surface area contributed by atoms with Crippen LogP contribution in [-0.2, 0) is 0 Å². The van der Waals surface area contributed by atoms with Crippen molar-refractivity contribution in [3.05, 3.63) is 45.7 Å². The second kappa shape index (κ2) is 6.70. The zero-order valence-corrected chi connectivity index (χ0v) is 14.5. The monoisotopic (exact) mass is 351 g/mol. The summed E-state index contributed by atoms with van der Waals surface area (Å²) in [5.74, 6) is 0. The lowest BCUT2D eigenvalue weighted by molar-refractivity contribution is 0.649. The molecule has 1 aromatic carbocycles. The molecule has 1 unspecified atom stereocenters. The zero-order chi connectivity index (χ0) is 14.7. The Morgan fingerprint density at radius 3 is 2.35 bits per heavy atom. The van der Waals surface area contributed by atoms with Crippen LogP contribution >= 0.6 is 27.7 Å². The van der Waals surface area contributed by atoms with Gasteiger partial charge in [-0.1, -0.05) is 22.0 Å². The predicted molar refractivity (Wildman–Crippen MR) is 87.2 cm³/mol. The molecule has 3 nitrogen and oxygen atoms in total. The van der Waals surface area contributed by atoms with Crippen molar-refractivity contribution in [1.82, 2.24) is 15.3 Å². The van der Waals surface area contributed by atoms with E-state index in [0.29, 0.717) is 6.04 Å². The van der Waals surface area contributed by atoms with E-state index in [1.807, 2.05) is 27.0 Å². The number of benzene rings is 1. The van der Waals surface area contributed by atoms with Crippen molar-refractivity contribution in [3.63, 3.8) is 0 Å². The van der Waals surface area contributed by atoms with Crippen LogP contribution in [0, 0.1) is 13.8 Å². The fourth-order valence-corrected chi connectivity index (χ4v) is 3.70. The summed E-state index contributed by atoms with van der Waals surface area (Å²) in [6, 6.07) is 8.67. The molecule has 1 N–H and O–H groups in total. The first-order valence-electron chi connectivity index (χ1n) is 6.46. The van der Waals surface area contributed by atoms with E-state index in [1.165, 1.54) is 5.56 Å². The van der Waals surface area contributed by atoms with E-state index in [4.69, 9.17) is 0 Å². The topological polar surface area (TPSA) is 37.8 Å². The lowest BCUT2D eigenvalue weighted by Gasteiger charge is -2.13. The number of rotatable bonds is 4. The van der Waals surface area contributed by atoms with Crippen LogP contribution in [0.3, 0.4) is 0 Å². The van der Waals surface area contributed by atoms with Crippen LogP contribution in [0.15, 0.2) is 38.8 Å². The molecule has 1 aromatic heterocycles. The van der Waals surface area contributed by atoms with Gasteiger partial charge >= 0.3 is 0 Å². The highest BCUT2D eigenvalue weighted by atomic mass is 79.9. The molecule has 0 aliphatic rings. The highest BCUT2D eigenvalue weighted by molar-refractivity contribution is 9.10. The minimum absolute atomic E-state index is 0.320. The summed E-state index contributed by atoms with van der Waals surface area (Å²) in [5, 5.41) is 4.04. The Morgan fingerprint density at radius 2 is 1.80 bits per heavy atom. The summed E-state index contributed by atoms with van der Waals surface area (Å²) in [5.41, 5.74) is 3.25. The van der Waals surface area contributed by atoms with Crippen molar-refractivity contribution < 1.29 is 0 Å². The van der Waals surface area contributed by atoms with Crippen molar-refractivity contribution in [2.24, 2.45) is 0 Å². The largest absolute Gasteiger partial charge is 0.313 e. The Morgan fingerprint density at radius 1 is 1.15 bits per heavy atom. The molecule has 0 aliphatic carbocycles. The van der Waals surface area contributed by atoms with E-state index in [0.717, 1.165) is 25.9 Å². The van der Waals surface area contributed by atoms with Gasteiger partial charge in [-0.15, -0.1) is 0 Å². The number of aromatic nitrogens is 2. The molecule has 0 saturated heterocycles. The smallest absolute Gasteiger partial charge is 0.192 e. The second-order valence-corrected chi connectivity index (χ2v) is 6.62. The standard InChI is InChI=1S/C15H18BrN3S/c1-9-7-10(2)19-15(18-9)20-12-5-6-13(11(3)17-4)14(16)8-12/h5-8,11,17H,1-4H3. The summed E-state index contributed by atoms with van der Waals surface area (Å²) in [6.07, 6.45) is 0. The maximum absolute atomic E-state index is 4.46. The Kier molecular flexibility index (Phi) is 5.18. The average Bonchev–Trinajstić information content (AvgIpc) is 2.36. The van der Waals surface area contributed by atoms with Gasteiger partial charge in [-0.05, 0) is 63.3 Å². The predicted octanol–water partition coefficient (Wildman–Crippen LogP) is 4.29. The lowest BCUT2D eigenvalue weighted by atomic mass is 10.1. The van der Waals surface area contributed by atoms with Crippen molar-refractivity contribution in [3.8, 4) is 0 Å². The van der Waals surface area contributed by atoms with Crippen molar-refractivity contribution in [2.75, 3.05) is 7.05 Å². The van der Waals surface area contributed by atoms with Gasteiger partial charge in [0.2, 0.25) is 0 Å². The molecule has 0 amide bonds. The molecule has 20 heavy (non-hydrogen) atoms. The minimum Gasteiger partial charge on any atom is -0.313 e. The molecule has 5 heteroatoms. The van der Waals surface area contributed by atoms with Gasteiger partial charge in [-0.3, -0.25) is 0 Å². The quantitative estimate of drug-likeness (QED) is 0.833. The lowest BCUT2D eigenvalue weighted by Crippen LogP contribution is -2.12. The Bertz CT molecular complexity index is 596. The third kappa shape index (κ3) is 3.81. The molecule has 0 bridgehead atoms. The van der Waals surface area contributed by atoms with Gasteiger partial charge in [0.25, 0.3) is 0 Å². The highest BCUT2D eigenvalue weighted by Crippen LogP contribution is 2.31. The molecule has 106 valence electrons. The molecular formula is C15H18BrN3S. The van der Waals surface area contributed by atoms with Crippen molar-refractivity contribution in [1.29, 1.82) is 0 Å². The average molecular weight is 352 g/mol. The molecular weight excluding hydrogens is 334 g/mol. The Labute approximate surface area is 132 Å². The van der Waals surface area contributed by atoms with Crippen molar-refractivity contribution in [2.45, 2.75) is 36.9 Å². The third-order valence-corrected chi connectivity index (χ3v) is 4.58. The summed E-state index contributed by atoms with van der Waals surface area (Å²) >= 11 is 5.22. The summed E-state index contributed by atoms with van der Waals surface area (Å²) < 4.78 is 1.11. The molecule has 1 heterocycles. The van der Waals surface area contributed by atoms with E-state index < -0.39 is 0 Å². The van der Waals surface area contributed by atoms with E-state index >= 15 is 0 Å². The van der Waals surface area contributed by atoms with Crippen LogP contribution in [0.2, 0.25) is 0 Å². The minimum atomic E-state index is 0.320. The van der Waals surface area contributed by atoms with Gasteiger partial charge in [-0.2, -0.15) is 0 Å². The van der Waals surface area contributed by atoms with E-state index in [1.54, 1.807) is 11.8 Å². The Balaban J connectivity index is 2.24. The van der Waals surface area contributed by atoms with Crippen LogP contribution < -0.4 is 5.32 Å². The number of aryl methyl sites for hydroxylation is 2. The zero-order valence-electron chi connectivity index (χ0n) is 12.1. The summed E-state index contributed by atoms with van der Waals surface area (Å²) in [6.45, 7) is 6.12. The van der Waals surface area contributed by atoms with E-state index in [9.17, 15) is 0 Å². The second-order valence-electron chi connectivity index (χ2n) is 4.73. The first-order chi connectivity index (χ1) is 9.49. The molecule has 0 aliphatic heterocycles. The fraction of sp³-hybridized carbons (Fsp3) is 0.333. The number of halogens is 1. The van der Waals surface area contributed by atoms with Gasteiger partial charge in [-0.25, -0.2) is 9.97 Å². The molecule has 2 rings (SSSR count). The third-order valence-electron chi connectivity index (χ3n) is 3.04. The first kappa shape index (κ1) is 15.5. The van der Waals surface area contributed by atoms with Gasteiger partial charge < -0.3 is 5.32 Å². The normalized spacial score (nSPS) is 12.4. The molecule has 0 saturated carbocycles. The molecule has 0 fully saturated rings. The number of hydrogen-bond donors (Lipinski definition) is 1. The fourth-order valence-electron chi connectivity index (χ4n) is 1.92. The van der Waals surface area contributed by atoms with E-state index in [2.05, 4.69) is 56.3 Å². The van der Waals surface area contributed by atoms with Gasteiger partial charge in [0.15, 0.2) is 5.16 Å². The van der Waals surface area contributed by atoms with Gasteiger partial charge in [0.05, 0.1) is 0 Å². The summed E-state index contributed by atoms with van der Waals surface area (Å²) in [7, 11) is 1.96. The van der Waals surface area contributed by atoms with E-state index in [-0.39, 0.29) is 0 Å². The SMILES string of the molecule is CNC(C)c1ccc(Sc2nc(C)cc(C)n2)cc1Br. The van der Waals surface area contributed by atoms with Crippen LogP contribution in [0.4, 0.5) is 0 Å². The van der Waals surface area contributed by atoms with Gasteiger partial charge in [0.1, 0.15) is 0 Å². The van der Waals surface area contributed by atoms with Crippen molar-refractivity contribution >= 4 is 27.7 Å². The number of nitrogens with zero attached hydrogens (tertiary/aromatic N) is 2. The van der Waals surface area contributed by atoms with Crippen LogP contribution in [0.25, 0.3) is 0 Å². The van der Waals surface area contributed by atoms with Crippen LogP contribution in [0.1, 0.15) is 29.9 Å². The van der Waals surface area contributed by atoms with Crippen LogP contribution in [0.5, 0.6) is 0 Å². The van der Waals surface area contributed by atoms with Gasteiger partial charge in [0, 0.05) is 26.8 Å². The number of hydrogen-bond acceptors (Lipinski definition) is 4. The first-order valence-corrected chi connectivity index (χ1v) is 8.07. The maximum atomic E-state index is 4.46. The Hall–Kier alpha value is -0.910. The molecule has 0 radical (unpaired) electrons. The highest BCUT2D eigenvalue weighted by Gasteiger charge is 2.09. The summed E-state index contributed by atoms with van der Waals surface area (Å²) in [4.78, 5) is 10.0. The number of nitrogens with one attached hydrogen (secondary N) is 1. The van der Waals surface area contributed by atoms with Crippen LogP contribution in [-0.4, -0.2) is 17.0 Å². The molecule has 1 atom stereocenters. The molecule has 2 aromatic rings. The maximum Gasteiger partial charge on any atom is 0.192 e.